The predicted octanol–water partition coefficient (Wildman–Crippen LogP) is 6.65. The second-order valence-corrected chi connectivity index (χ2v) is 7.39. The zero-order valence-corrected chi connectivity index (χ0v) is 16.6. The van der Waals surface area contributed by atoms with E-state index in [2.05, 4.69) is 20.5 Å². The van der Waals surface area contributed by atoms with E-state index in [1.165, 1.54) is 11.3 Å². The molecular formula is C16H10Cl4N4S. The fourth-order valence-corrected chi connectivity index (χ4v) is 3.76. The molecule has 1 N–H and O–H groups in total. The second-order valence-electron chi connectivity index (χ2n) is 4.94. The maximum atomic E-state index is 6.11. The van der Waals surface area contributed by atoms with Crippen molar-refractivity contribution < 1.29 is 0 Å². The maximum Gasteiger partial charge on any atom is 0.131 e. The topological polar surface area (TPSA) is 50.2 Å². The number of rotatable bonds is 4. The first-order valence-corrected chi connectivity index (χ1v) is 9.37. The van der Waals surface area contributed by atoms with Crippen molar-refractivity contribution in [1.82, 2.24) is 9.97 Å². The van der Waals surface area contributed by atoms with Crippen LogP contribution in [0.5, 0.6) is 0 Å². The minimum absolute atomic E-state index is 0.319. The SMILES string of the molecule is C/C(=N\Nc1c(Cl)cccc1Cl)c1csc(-c2cc(Cl)nc(Cl)c2)n1. The van der Waals surface area contributed by atoms with E-state index in [0.29, 0.717) is 31.8 Å². The number of benzene rings is 1. The van der Waals surface area contributed by atoms with Crippen LogP contribution in [0, 0.1) is 0 Å². The number of halogens is 4. The first kappa shape index (κ1) is 18.4. The molecule has 3 aromatic rings. The van der Waals surface area contributed by atoms with E-state index >= 15 is 0 Å². The van der Waals surface area contributed by atoms with Gasteiger partial charge in [0.2, 0.25) is 0 Å². The first-order valence-electron chi connectivity index (χ1n) is 6.97. The number of hydrogen-bond donors (Lipinski definition) is 1. The van der Waals surface area contributed by atoms with Crippen molar-refractivity contribution in [2.24, 2.45) is 5.10 Å². The van der Waals surface area contributed by atoms with Crippen molar-refractivity contribution in [3.63, 3.8) is 0 Å². The summed E-state index contributed by atoms with van der Waals surface area (Å²) in [4.78, 5) is 8.49. The van der Waals surface area contributed by atoms with Gasteiger partial charge >= 0.3 is 0 Å². The summed E-state index contributed by atoms with van der Waals surface area (Å²) in [5.41, 5.74) is 5.64. The molecule has 4 nitrogen and oxygen atoms in total. The van der Waals surface area contributed by atoms with Crippen LogP contribution in [0.3, 0.4) is 0 Å². The van der Waals surface area contributed by atoms with Gasteiger partial charge in [0.25, 0.3) is 0 Å². The molecule has 0 saturated heterocycles. The summed E-state index contributed by atoms with van der Waals surface area (Å²) in [5.74, 6) is 0. The molecule has 0 atom stereocenters. The summed E-state index contributed by atoms with van der Waals surface area (Å²) < 4.78 is 0. The van der Waals surface area contributed by atoms with Crippen LogP contribution in [0.2, 0.25) is 20.4 Å². The Labute approximate surface area is 168 Å². The molecule has 0 bridgehead atoms. The van der Waals surface area contributed by atoms with E-state index < -0.39 is 0 Å². The van der Waals surface area contributed by atoms with Crippen LogP contribution in [0.15, 0.2) is 40.8 Å². The Morgan fingerprint density at radius 1 is 1.04 bits per heavy atom. The van der Waals surface area contributed by atoms with Gasteiger partial charge in [0.15, 0.2) is 0 Å². The molecule has 1 aromatic carbocycles. The Balaban J connectivity index is 1.84. The highest BCUT2D eigenvalue weighted by atomic mass is 35.5. The zero-order chi connectivity index (χ0) is 18.0. The first-order chi connectivity index (χ1) is 11.9. The van der Waals surface area contributed by atoms with Gasteiger partial charge in [-0.2, -0.15) is 5.10 Å². The van der Waals surface area contributed by atoms with Crippen LogP contribution in [0.4, 0.5) is 5.69 Å². The summed E-state index contributed by atoms with van der Waals surface area (Å²) in [6, 6.07) is 8.66. The van der Waals surface area contributed by atoms with Crippen LogP contribution >= 0.6 is 57.7 Å². The van der Waals surface area contributed by atoms with Crippen LogP contribution in [-0.4, -0.2) is 15.7 Å². The molecule has 0 aliphatic rings. The van der Waals surface area contributed by atoms with E-state index in [-0.39, 0.29) is 0 Å². The lowest BCUT2D eigenvalue weighted by Crippen LogP contribution is -2.01. The van der Waals surface area contributed by atoms with E-state index in [9.17, 15) is 0 Å². The largest absolute Gasteiger partial charge is 0.275 e. The lowest BCUT2D eigenvalue weighted by Gasteiger charge is -2.06. The van der Waals surface area contributed by atoms with Gasteiger partial charge in [-0.15, -0.1) is 11.3 Å². The Morgan fingerprint density at radius 2 is 1.68 bits per heavy atom. The summed E-state index contributed by atoms with van der Waals surface area (Å²) >= 11 is 25.6. The molecule has 0 saturated carbocycles. The summed E-state index contributed by atoms with van der Waals surface area (Å²) in [7, 11) is 0. The highest BCUT2D eigenvalue weighted by Crippen LogP contribution is 2.30. The smallest absolute Gasteiger partial charge is 0.131 e. The second kappa shape index (κ2) is 7.89. The molecule has 2 aromatic heterocycles. The molecule has 0 aliphatic carbocycles. The predicted molar refractivity (Wildman–Crippen MR) is 108 cm³/mol. The molecule has 0 unspecified atom stereocenters. The monoisotopic (exact) mass is 430 g/mol. The van der Waals surface area contributed by atoms with E-state index in [1.807, 2.05) is 12.3 Å². The van der Waals surface area contributed by atoms with Crippen molar-refractivity contribution >= 4 is 69.1 Å². The molecule has 3 rings (SSSR count). The van der Waals surface area contributed by atoms with E-state index in [4.69, 9.17) is 46.4 Å². The van der Waals surface area contributed by atoms with Crippen LogP contribution < -0.4 is 5.43 Å². The lowest BCUT2D eigenvalue weighted by atomic mass is 10.3. The van der Waals surface area contributed by atoms with Crippen LogP contribution in [0.25, 0.3) is 10.6 Å². The number of anilines is 1. The third kappa shape index (κ3) is 4.43. The number of pyridine rings is 1. The Bertz CT molecular complexity index is 915. The summed E-state index contributed by atoms with van der Waals surface area (Å²) in [6.07, 6.45) is 0. The van der Waals surface area contributed by atoms with E-state index in [0.717, 1.165) is 16.3 Å². The van der Waals surface area contributed by atoms with Gasteiger partial charge in [-0.1, -0.05) is 52.5 Å². The van der Waals surface area contributed by atoms with Gasteiger partial charge in [-0.05, 0) is 31.2 Å². The Morgan fingerprint density at radius 3 is 2.32 bits per heavy atom. The molecule has 0 aliphatic heterocycles. The van der Waals surface area contributed by atoms with Gasteiger partial charge in [0.05, 0.1) is 27.1 Å². The quantitative estimate of drug-likeness (QED) is 0.285. The van der Waals surface area contributed by atoms with Crippen molar-refractivity contribution in [2.45, 2.75) is 6.92 Å². The average Bonchev–Trinajstić information content (AvgIpc) is 3.03. The minimum atomic E-state index is 0.319. The maximum absolute atomic E-state index is 6.11. The van der Waals surface area contributed by atoms with Gasteiger partial charge in [0.1, 0.15) is 15.3 Å². The van der Waals surface area contributed by atoms with Crippen molar-refractivity contribution in [3.8, 4) is 10.6 Å². The number of hydrazone groups is 1. The molecule has 0 amide bonds. The van der Waals surface area contributed by atoms with Gasteiger partial charge < -0.3 is 0 Å². The van der Waals surface area contributed by atoms with Gasteiger partial charge in [-0.3, -0.25) is 5.43 Å². The Hall–Kier alpha value is -1.37. The number of nitrogens with one attached hydrogen (secondary N) is 1. The van der Waals surface area contributed by atoms with E-state index in [1.54, 1.807) is 30.3 Å². The van der Waals surface area contributed by atoms with Crippen molar-refractivity contribution in [2.75, 3.05) is 5.43 Å². The van der Waals surface area contributed by atoms with Crippen molar-refractivity contribution in [3.05, 3.63) is 61.8 Å². The number of thiazole rings is 1. The highest BCUT2D eigenvalue weighted by molar-refractivity contribution is 7.13. The number of nitrogens with zero attached hydrogens (tertiary/aromatic N) is 3. The van der Waals surface area contributed by atoms with Gasteiger partial charge in [0, 0.05) is 10.9 Å². The van der Waals surface area contributed by atoms with Crippen LogP contribution in [-0.2, 0) is 0 Å². The number of para-hydroxylation sites is 1. The normalized spacial score (nSPS) is 11.6. The number of hydrogen-bond acceptors (Lipinski definition) is 5. The fraction of sp³-hybridized carbons (Fsp3) is 0.0625. The molecule has 25 heavy (non-hydrogen) atoms. The van der Waals surface area contributed by atoms with Gasteiger partial charge in [-0.25, -0.2) is 9.97 Å². The molecule has 0 fully saturated rings. The standard InChI is InChI=1S/C16H10Cl4N4S/c1-8(23-24-15-10(17)3-2-4-11(15)18)12-7-25-16(21-12)9-5-13(19)22-14(20)6-9/h2-7,24H,1H3/b23-8+. The lowest BCUT2D eigenvalue weighted by molar-refractivity contribution is 1.28. The molecular weight excluding hydrogens is 422 g/mol. The third-order valence-electron chi connectivity index (χ3n) is 3.18. The van der Waals surface area contributed by atoms with Crippen molar-refractivity contribution in [1.29, 1.82) is 0 Å². The average molecular weight is 432 g/mol. The zero-order valence-electron chi connectivity index (χ0n) is 12.7. The highest BCUT2D eigenvalue weighted by Gasteiger charge is 2.10. The minimum Gasteiger partial charge on any atom is -0.275 e. The fourth-order valence-electron chi connectivity index (χ4n) is 1.96. The number of aromatic nitrogens is 2. The molecule has 0 radical (unpaired) electrons. The molecule has 128 valence electrons. The third-order valence-corrected chi connectivity index (χ3v) is 5.09. The summed E-state index contributed by atoms with van der Waals surface area (Å²) in [6.45, 7) is 1.84. The molecule has 0 spiro atoms. The Kier molecular flexibility index (Phi) is 5.81. The molecule has 2 heterocycles. The van der Waals surface area contributed by atoms with Crippen LogP contribution in [0.1, 0.15) is 12.6 Å². The molecule has 9 heteroatoms. The summed E-state index contributed by atoms with van der Waals surface area (Å²) in [5, 5.41) is 8.59.